The molecule has 0 radical (unpaired) electrons. The molecule has 0 spiro atoms. The average Bonchev–Trinajstić information content (AvgIpc) is 2.90. The first kappa shape index (κ1) is 12.2. The number of rotatable bonds is 3. The van der Waals surface area contributed by atoms with Crippen molar-refractivity contribution < 1.29 is 4.79 Å². The number of likely N-dealkylation sites (tertiary alicyclic amines) is 1. The third kappa shape index (κ3) is 2.78. The van der Waals surface area contributed by atoms with Gasteiger partial charge in [-0.1, -0.05) is 54.6 Å². The molecule has 1 amide bonds. The number of aryl methyl sites for hydroxylation is 1. The van der Waals surface area contributed by atoms with Crippen LogP contribution in [0.2, 0.25) is 0 Å². The zero-order valence-corrected chi connectivity index (χ0v) is 11.0. The third-order valence-corrected chi connectivity index (χ3v) is 4.06. The van der Waals surface area contributed by atoms with Crippen LogP contribution < -0.4 is 0 Å². The second-order valence-electron chi connectivity index (χ2n) is 5.38. The smallest absolute Gasteiger partial charge is 0.222 e. The monoisotopic (exact) mass is 253 g/mol. The molecule has 19 heavy (non-hydrogen) atoms. The van der Waals surface area contributed by atoms with Crippen LogP contribution in [0.15, 0.2) is 54.6 Å². The van der Waals surface area contributed by atoms with E-state index in [1.807, 2.05) is 23.1 Å². The number of hydrogen-bond donors (Lipinski definition) is 0. The lowest BCUT2D eigenvalue weighted by Crippen LogP contribution is -2.29. The zero-order chi connectivity index (χ0) is 13.1. The topological polar surface area (TPSA) is 20.3 Å². The van der Waals surface area contributed by atoms with Crippen LogP contribution in [0.1, 0.15) is 12.0 Å². The maximum atomic E-state index is 12.2. The van der Waals surface area contributed by atoms with Gasteiger partial charge in [0.25, 0.3) is 0 Å². The van der Waals surface area contributed by atoms with Crippen molar-refractivity contribution >= 4 is 5.91 Å². The van der Waals surface area contributed by atoms with Gasteiger partial charge in [-0.15, -0.1) is 0 Å². The van der Waals surface area contributed by atoms with E-state index in [9.17, 15) is 4.79 Å². The van der Waals surface area contributed by atoms with Crippen molar-refractivity contribution in [2.75, 3.05) is 13.1 Å². The van der Waals surface area contributed by atoms with Crippen LogP contribution in [0, 0.1) is 11.8 Å². The summed E-state index contributed by atoms with van der Waals surface area (Å²) in [6.45, 7) is 1.78. The second kappa shape index (κ2) is 5.43. The molecule has 0 bridgehead atoms. The van der Waals surface area contributed by atoms with Gasteiger partial charge in [-0.2, -0.15) is 0 Å². The van der Waals surface area contributed by atoms with Gasteiger partial charge in [-0.05, 0) is 12.0 Å². The van der Waals surface area contributed by atoms with Gasteiger partial charge < -0.3 is 4.90 Å². The SMILES string of the molecule is O=C(CCc1ccccc1)N1CC2C=CC=CC2C1. The van der Waals surface area contributed by atoms with Gasteiger partial charge in [0.1, 0.15) is 0 Å². The Balaban J connectivity index is 1.54. The molecular formula is C17H19NO. The Morgan fingerprint density at radius 3 is 2.32 bits per heavy atom. The van der Waals surface area contributed by atoms with Crippen LogP contribution in [0.3, 0.4) is 0 Å². The highest BCUT2D eigenvalue weighted by molar-refractivity contribution is 5.77. The normalized spacial score (nSPS) is 24.5. The molecule has 1 aromatic rings. The molecule has 0 saturated carbocycles. The minimum Gasteiger partial charge on any atom is -0.341 e. The molecule has 98 valence electrons. The van der Waals surface area contributed by atoms with Gasteiger partial charge in [0.2, 0.25) is 5.91 Å². The number of hydrogen-bond acceptors (Lipinski definition) is 1. The first-order chi connectivity index (χ1) is 9.33. The van der Waals surface area contributed by atoms with E-state index in [-0.39, 0.29) is 0 Å². The molecule has 0 aromatic heterocycles. The molecule has 1 saturated heterocycles. The molecular weight excluding hydrogens is 234 g/mol. The summed E-state index contributed by atoms with van der Waals surface area (Å²) < 4.78 is 0. The van der Waals surface area contributed by atoms with Crippen LogP contribution in [0.4, 0.5) is 0 Å². The molecule has 3 rings (SSSR count). The van der Waals surface area contributed by atoms with E-state index in [0.29, 0.717) is 24.2 Å². The lowest BCUT2D eigenvalue weighted by molar-refractivity contribution is -0.130. The fraction of sp³-hybridized carbons (Fsp3) is 0.353. The molecule has 2 atom stereocenters. The van der Waals surface area contributed by atoms with Gasteiger partial charge >= 0.3 is 0 Å². The number of carbonyl (C=O) groups excluding carboxylic acids is 1. The first-order valence-electron chi connectivity index (χ1n) is 6.99. The first-order valence-corrected chi connectivity index (χ1v) is 6.99. The molecule has 2 unspecified atom stereocenters. The lowest BCUT2D eigenvalue weighted by atomic mass is 9.92. The van der Waals surface area contributed by atoms with Gasteiger partial charge in [0.05, 0.1) is 0 Å². The molecule has 1 fully saturated rings. The third-order valence-electron chi connectivity index (χ3n) is 4.06. The molecule has 1 aromatic carbocycles. The molecule has 2 aliphatic rings. The molecule has 1 aliphatic heterocycles. The Hall–Kier alpha value is -1.83. The highest BCUT2D eigenvalue weighted by atomic mass is 16.2. The van der Waals surface area contributed by atoms with Crippen LogP contribution in [-0.2, 0) is 11.2 Å². The van der Waals surface area contributed by atoms with Crippen LogP contribution >= 0.6 is 0 Å². The zero-order valence-electron chi connectivity index (χ0n) is 11.0. The van der Waals surface area contributed by atoms with Gasteiger partial charge in [0.15, 0.2) is 0 Å². The summed E-state index contributed by atoms with van der Waals surface area (Å²) in [5.41, 5.74) is 1.24. The van der Waals surface area contributed by atoms with Crippen molar-refractivity contribution in [3.05, 3.63) is 60.2 Å². The number of nitrogens with zero attached hydrogens (tertiary/aromatic N) is 1. The fourth-order valence-electron chi connectivity index (χ4n) is 2.93. The Morgan fingerprint density at radius 1 is 1.05 bits per heavy atom. The van der Waals surface area contributed by atoms with Crippen LogP contribution in [0.5, 0.6) is 0 Å². The second-order valence-corrected chi connectivity index (χ2v) is 5.38. The Labute approximate surface area is 114 Å². The van der Waals surface area contributed by atoms with Gasteiger partial charge in [-0.25, -0.2) is 0 Å². The quantitative estimate of drug-likeness (QED) is 0.811. The van der Waals surface area contributed by atoms with Crippen molar-refractivity contribution in [2.45, 2.75) is 12.8 Å². The molecule has 1 aliphatic carbocycles. The maximum absolute atomic E-state index is 12.2. The van der Waals surface area contributed by atoms with Crippen molar-refractivity contribution in [3.8, 4) is 0 Å². The van der Waals surface area contributed by atoms with Crippen molar-refractivity contribution in [2.24, 2.45) is 11.8 Å². The number of fused-ring (bicyclic) bond motifs is 1. The number of benzene rings is 1. The van der Waals surface area contributed by atoms with E-state index in [1.54, 1.807) is 0 Å². The van der Waals surface area contributed by atoms with E-state index in [0.717, 1.165) is 19.5 Å². The lowest BCUT2D eigenvalue weighted by Gasteiger charge is -2.15. The standard InChI is InChI=1S/C17H19NO/c19-17(11-10-14-6-2-1-3-7-14)18-12-15-8-4-5-9-16(15)13-18/h1-9,15-16H,10-13H2. The van der Waals surface area contributed by atoms with E-state index in [1.165, 1.54) is 5.56 Å². The number of carbonyl (C=O) groups is 1. The van der Waals surface area contributed by atoms with Gasteiger partial charge in [0, 0.05) is 31.3 Å². The Bertz CT molecular complexity index is 483. The minimum absolute atomic E-state index is 0.292. The van der Waals surface area contributed by atoms with E-state index in [4.69, 9.17) is 0 Å². The number of allylic oxidation sites excluding steroid dienone is 2. The highest BCUT2D eigenvalue weighted by Crippen LogP contribution is 2.28. The predicted molar refractivity (Wildman–Crippen MR) is 76.6 cm³/mol. The molecule has 1 heterocycles. The summed E-state index contributed by atoms with van der Waals surface area (Å²) in [6, 6.07) is 10.2. The Kier molecular flexibility index (Phi) is 3.49. The summed E-state index contributed by atoms with van der Waals surface area (Å²) in [4.78, 5) is 14.3. The number of amides is 1. The summed E-state index contributed by atoms with van der Waals surface area (Å²) in [5, 5.41) is 0. The van der Waals surface area contributed by atoms with E-state index >= 15 is 0 Å². The summed E-state index contributed by atoms with van der Waals surface area (Å²) in [6.07, 6.45) is 10.1. The fourth-order valence-corrected chi connectivity index (χ4v) is 2.93. The van der Waals surface area contributed by atoms with Crippen LogP contribution in [0.25, 0.3) is 0 Å². The minimum atomic E-state index is 0.292. The Morgan fingerprint density at radius 2 is 1.68 bits per heavy atom. The molecule has 2 nitrogen and oxygen atoms in total. The van der Waals surface area contributed by atoms with Gasteiger partial charge in [-0.3, -0.25) is 4.79 Å². The van der Waals surface area contributed by atoms with Crippen LogP contribution in [-0.4, -0.2) is 23.9 Å². The highest BCUT2D eigenvalue weighted by Gasteiger charge is 2.32. The largest absolute Gasteiger partial charge is 0.341 e. The summed E-state index contributed by atoms with van der Waals surface area (Å²) >= 11 is 0. The maximum Gasteiger partial charge on any atom is 0.222 e. The predicted octanol–water partition coefficient (Wildman–Crippen LogP) is 2.82. The van der Waals surface area contributed by atoms with E-state index in [2.05, 4.69) is 36.4 Å². The van der Waals surface area contributed by atoms with E-state index < -0.39 is 0 Å². The summed E-state index contributed by atoms with van der Waals surface area (Å²) in [5.74, 6) is 1.36. The van der Waals surface area contributed by atoms with Crippen molar-refractivity contribution in [1.82, 2.24) is 4.90 Å². The molecule has 0 N–H and O–H groups in total. The summed E-state index contributed by atoms with van der Waals surface area (Å²) in [7, 11) is 0. The van der Waals surface area contributed by atoms with Crippen molar-refractivity contribution in [3.63, 3.8) is 0 Å². The average molecular weight is 253 g/mol. The van der Waals surface area contributed by atoms with Crippen molar-refractivity contribution in [1.29, 1.82) is 0 Å². The molecule has 2 heteroatoms.